The number of ether oxygens (including phenoxy) is 1. The fraction of sp³-hybridized carbons (Fsp3) is 0.923. The second-order valence-electron chi connectivity index (χ2n) is 6.00. The molecule has 0 aromatic carbocycles. The molecule has 0 bridgehead atoms. The highest BCUT2D eigenvalue weighted by atomic mass is 16.5. The van der Waals surface area contributed by atoms with Crippen molar-refractivity contribution in [2.45, 2.75) is 31.8 Å². The fourth-order valence-corrected chi connectivity index (χ4v) is 2.56. The van der Waals surface area contributed by atoms with Crippen LogP contribution in [-0.4, -0.2) is 73.3 Å². The Bertz CT molecular complexity index is 308. The Morgan fingerprint density at radius 2 is 2.05 bits per heavy atom. The molecule has 1 atom stereocenters. The third kappa shape index (κ3) is 3.58. The molecule has 2 fully saturated rings. The van der Waals surface area contributed by atoms with Gasteiger partial charge in [0, 0.05) is 44.9 Å². The number of rotatable bonds is 3. The van der Waals surface area contributed by atoms with E-state index >= 15 is 0 Å². The van der Waals surface area contributed by atoms with Gasteiger partial charge in [0.25, 0.3) is 0 Å². The molecule has 2 aliphatic rings. The first kappa shape index (κ1) is 14.6. The van der Waals surface area contributed by atoms with E-state index in [9.17, 15) is 4.79 Å². The number of piperazine rings is 1. The minimum Gasteiger partial charge on any atom is -0.379 e. The third-order valence-corrected chi connectivity index (χ3v) is 4.18. The van der Waals surface area contributed by atoms with E-state index in [4.69, 9.17) is 10.5 Å². The lowest BCUT2D eigenvalue weighted by molar-refractivity contribution is 0.0678. The monoisotopic (exact) mass is 270 g/mol. The molecule has 6 heteroatoms. The molecule has 0 aliphatic carbocycles. The van der Waals surface area contributed by atoms with Gasteiger partial charge in [0.05, 0.1) is 12.6 Å². The van der Waals surface area contributed by atoms with Crippen LogP contribution in [-0.2, 0) is 4.74 Å². The number of urea groups is 1. The number of amides is 2. The van der Waals surface area contributed by atoms with Crippen LogP contribution in [0.3, 0.4) is 0 Å². The summed E-state index contributed by atoms with van der Waals surface area (Å²) in [7, 11) is 0. The van der Waals surface area contributed by atoms with Gasteiger partial charge in [0.15, 0.2) is 0 Å². The van der Waals surface area contributed by atoms with Gasteiger partial charge in [-0.15, -0.1) is 0 Å². The molecule has 1 unspecified atom stereocenters. The molecule has 2 heterocycles. The summed E-state index contributed by atoms with van der Waals surface area (Å²) in [6.45, 7) is 9.65. The van der Waals surface area contributed by atoms with Crippen molar-refractivity contribution in [3.63, 3.8) is 0 Å². The van der Waals surface area contributed by atoms with E-state index in [0.717, 1.165) is 39.2 Å². The Morgan fingerprint density at radius 1 is 1.37 bits per heavy atom. The van der Waals surface area contributed by atoms with Crippen LogP contribution in [0.4, 0.5) is 4.79 Å². The molecule has 0 saturated carbocycles. The topological polar surface area (TPSA) is 70.8 Å². The molecule has 2 amide bonds. The standard InChI is InChI=1S/C13H26N4O2/c1-13(2,10-14)17-6-4-16(5-7-17)12(18)15-11-3-8-19-9-11/h11H,3-10,14H2,1-2H3,(H,15,18). The smallest absolute Gasteiger partial charge is 0.317 e. The lowest BCUT2D eigenvalue weighted by Gasteiger charge is -2.43. The first-order valence-electron chi connectivity index (χ1n) is 7.11. The number of nitrogens with one attached hydrogen (secondary N) is 1. The van der Waals surface area contributed by atoms with Gasteiger partial charge in [-0.25, -0.2) is 4.79 Å². The van der Waals surface area contributed by atoms with Crippen molar-refractivity contribution in [2.75, 3.05) is 45.9 Å². The summed E-state index contributed by atoms with van der Waals surface area (Å²) in [5.74, 6) is 0. The van der Waals surface area contributed by atoms with Crippen LogP contribution in [0.15, 0.2) is 0 Å². The summed E-state index contributed by atoms with van der Waals surface area (Å²) in [5, 5.41) is 3.03. The van der Waals surface area contributed by atoms with Crippen molar-refractivity contribution in [1.29, 1.82) is 0 Å². The summed E-state index contributed by atoms with van der Waals surface area (Å²) in [6.07, 6.45) is 0.923. The van der Waals surface area contributed by atoms with Crippen molar-refractivity contribution >= 4 is 6.03 Å². The average Bonchev–Trinajstić information content (AvgIpc) is 2.91. The Morgan fingerprint density at radius 3 is 2.58 bits per heavy atom. The van der Waals surface area contributed by atoms with Crippen LogP contribution in [0.1, 0.15) is 20.3 Å². The molecule has 3 N–H and O–H groups in total. The predicted octanol–water partition coefficient (Wildman–Crippen LogP) is -0.160. The van der Waals surface area contributed by atoms with E-state index in [-0.39, 0.29) is 17.6 Å². The quantitative estimate of drug-likeness (QED) is 0.747. The zero-order chi connectivity index (χ0) is 13.9. The Hall–Kier alpha value is -0.850. The fourth-order valence-electron chi connectivity index (χ4n) is 2.56. The first-order chi connectivity index (χ1) is 9.03. The summed E-state index contributed by atoms with van der Waals surface area (Å²) < 4.78 is 5.27. The normalized spacial score (nSPS) is 25.6. The highest BCUT2D eigenvalue weighted by Gasteiger charge is 2.30. The summed E-state index contributed by atoms with van der Waals surface area (Å²) in [6, 6.07) is 0.228. The molecule has 0 aromatic heterocycles. The molecular formula is C13H26N4O2. The number of nitrogens with two attached hydrogens (primary N) is 1. The second kappa shape index (κ2) is 6.07. The summed E-state index contributed by atoms with van der Waals surface area (Å²) in [4.78, 5) is 16.3. The van der Waals surface area contributed by atoms with Gasteiger partial charge in [-0.3, -0.25) is 4.90 Å². The predicted molar refractivity (Wildman–Crippen MR) is 74.0 cm³/mol. The molecule has 6 nitrogen and oxygen atoms in total. The number of nitrogens with zero attached hydrogens (tertiary/aromatic N) is 2. The second-order valence-corrected chi connectivity index (χ2v) is 6.00. The van der Waals surface area contributed by atoms with E-state index in [2.05, 4.69) is 24.1 Å². The van der Waals surface area contributed by atoms with Gasteiger partial charge in [-0.2, -0.15) is 0 Å². The van der Waals surface area contributed by atoms with Crippen LogP contribution in [0.5, 0.6) is 0 Å². The highest BCUT2D eigenvalue weighted by Crippen LogP contribution is 2.15. The van der Waals surface area contributed by atoms with Crippen LogP contribution < -0.4 is 11.1 Å². The van der Waals surface area contributed by atoms with Crippen LogP contribution >= 0.6 is 0 Å². The minimum absolute atomic E-state index is 0.0157. The van der Waals surface area contributed by atoms with Crippen molar-refractivity contribution < 1.29 is 9.53 Å². The van der Waals surface area contributed by atoms with Crippen molar-refractivity contribution in [3.05, 3.63) is 0 Å². The summed E-state index contributed by atoms with van der Waals surface area (Å²) in [5.41, 5.74) is 5.81. The zero-order valence-electron chi connectivity index (χ0n) is 12.0. The Kier molecular flexibility index (Phi) is 4.65. The first-order valence-corrected chi connectivity index (χ1v) is 7.11. The maximum absolute atomic E-state index is 12.1. The number of carbonyl (C=O) groups excluding carboxylic acids is 1. The number of carbonyl (C=O) groups is 1. The Labute approximate surface area is 115 Å². The van der Waals surface area contributed by atoms with Gasteiger partial charge < -0.3 is 20.7 Å². The number of hydrogen-bond donors (Lipinski definition) is 2. The van der Waals surface area contributed by atoms with Crippen molar-refractivity contribution in [3.8, 4) is 0 Å². The van der Waals surface area contributed by atoms with E-state index in [1.807, 2.05) is 4.90 Å². The van der Waals surface area contributed by atoms with E-state index in [1.165, 1.54) is 0 Å². The van der Waals surface area contributed by atoms with Gasteiger partial charge in [0.2, 0.25) is 0 Å². The Balaban J connectivity index is 1.77. The van der Waals surface area contributed by atoms with E-state index < -0.39 is 0 Å². The maximum atomic E-state index is 12.1. The van der Waals surface area contributed by atoms with Gasteiger partial charge in [0.1, 0.15) is 0 Å². The molecule has 0 aromatic rings. The van der Waals surface area contributed by atoms with Crippen LogP contribution in [0.25, 0.3) is 0 Å². The van der Waals surface area contributed by atoms with Crippen molar-refractivity contribution in [1.82, 2.24) is 15.1 Å². The van der Waals surface area contributed by atoms with Crippen LogP contribution in [0.2, 0.25) is 0 Å². The molecule has 2 aliphatic heterocycles. The third-order valence-electron chi connectivity index (χ3n) is 4.18. The SMILES string of the molecule is CC(C)(CN)N1CCN(C(=O)NC2CCOC2)CC1. The van der Waals surface area contributed by atoms with Crippen molar-refractivity contribution in [2.24, 2.45) is 5.73 Å². The molecule has 2 saturated heterocycles. The molecular weight excluding hydrogens is 244 g/mol. The number of hydrogen-bond acceptors (Lipinski definition) is 4. The molecule has 2 rings (SSSR count). The van der Waals surface area contributed by atoms with Crippen LogP contribution in [0, 0.1) is 0 Å². The maximum Gasteiger partial charge on any atom is 0.317 e. The molecule has 0 spiro atoms. The minimum atomic E-state index is 0.0157. The molecule has 19 heavy (non-hydrogen) atoms. The zero-order valence-corrected chi connectivity index (χ0v) is 12.0. The van der Waals surface area contributed by atoms with Gasteiger partial charge in [-0.05, 0) is 20.3 Å². The lowest BCUT2D eigenvalue weighted by atomic mass is 10.0. The average molecular weight is 270 g/mol. The van der Waals surface area contributed by atoms with E-state index in [0.29, 0.717) is 13.2 Å². The van der Waals surface area contributed by atoms with Gasteiger partial charge in [-0.1, -0.05) is 0 Å². The summed E-state index contributed by atoms with van der Waals surface area (Å²) >= 11 is 0. The highest BCUT2D eigenvalue weighted by molar-refractivity contribution is 5.74. The molecule has 0 radical (unpaired) electrons. The van der Waals surface area contributed by atoms with Gasteiger partial charge >= 0.3 is 6.03 Å². The molecule has 110 valence electrons. The lowest BCUT2D eigenvalue weighted by Crippen LogP contribution is -2.59. The van der Waals surface area contributed by atoms with E-state index in [1.54, 1.807) is 0 Å². The largest absolute Gasteiger partial charge is 0.379 e.